The number of ketones is 1. The van der Waals surface area contributed by atoms with Gasteiger partial charge in [-0.1, -0.05) is 18.2 Å². The van der Waals surface area contributed by atoms with Crippen molar-refractivity contribution < 1.29 is 4.79 Å². The molecule has 0 N–H and O–H groups in total. The van der Waals surface area contributed by atoms with Gasteiger partial charge in [-0.3, -0.25) is 4.79 Å². The van der Waals surface area contributed by atoms with Crippen LogP contribution in [-0.2, 0) is 4.79 Å². The first-order valence-corrected chi connectivity index (χ1v) is 5.81. The predicted octanol–water partition coefficient (Wildman–Crippen LogP) is 1.80. The van der Waals surface area contributed by atoms with Crippen molar-refractivity contribution in [1.82, 2.24) is 9.97 Å². The van der Waals surface area contributed by atoms with E-state index in [0.717, 1.165) is 29.9 Å². The van der Waals surface area contributed by atoms with E-state index >= 15 is 0 Å². The van der Waals surface area contributed by atoms with E-state index in [1.54, 1.807) is 0 Å². The zero-order chi connectivity index (χ0) is 11.7. The van der Waals surface area contributed by atoms with E-state index < -0.39 is 0 Å². The number of para-hydroxylation sites is 1. The molecule has 2 heterocycles. The molecule has 0 amide bonds. The summed E-state index contributed by atoms with van der Waals surface area (Å²) in [7, 11) is 0. The molecule has 0 atom stereocenters. The lowest BCUT2D eigenvalue weighted by molar-refractivity contribution is -0.119. The van der Waals surface area contributed by atoms with E-state index in [1.165, 1.54) is 0 Å². The third-order valence-electron chi connectivity index (χ3n) is 3.08. The smallest absolute Gasteiger partial charge is 0.225 e. The Labute approximate surface area is 99.3 Å². The summed E-state index contributed by atoms with van der Waals surface area (Å²) in [6, 6.07) is 7.93. The maximum Gasteiger partial charge on any atom is 0.225 e. The molecule has 1 aromatic heterocycles. The van der Waals surface area contributed by atoms with Gasteiger partial charge in [-0.2, -0.15) is 0 Å². The fourth-order valence-corrected chi connectivity index (χ4v) is 2.07. The average molecular weight is 227 g/mol. The largest absolute Gasteiger partial charge is 0.340 e. The molecule has 2 aromatic rings. The minimum absolute atomic E-state index is 0.335. The summed E-state index contributed by atoms with van der Waals surface area (Å²) in [5, 5.41) is 1.05. The summed E-state index contributed by atoms with van der Waals surface area (Å²) in [6.45, 7) is 1.47. The first kappa shape index (κ1) is 10.2. The highest BCUT2D eigenvalue weighted by atomic mass is 16.1. The lowest BCUT2D eigenvalue weighted by atomic mass is 10.1. The van der Waals surface area contributed by atoms with Gasteiger partial charge in [-0.05, 0) is 6.07 Å². The summed E-state index contributed by atoms with van der Waals surface area (Å²) in [5.41, 5.74) is 0.953. The monoisotopic (exact) mass is 227 g/mol. The van der Waals surface area contributed by atoms with Crippen LogP contribution in [0.2, 0.25) is 0 Å². The van der Waals surface area contributed by atoms with Crippen molar-refractivity contribution in [2.75, 3.05) is 18.0 Å². The molecule has 4 nitrogen and oxygen atoms in total. The molecule has 0 spiro atoms. The van der Waals surface area contributed by atoms with E-state index in [1.807, 2.05) is 30.5 Å². The number of hydrogen-bond donors (Lipinski definition) is 0. The number of anilines is 1. The highest BCUT2D eigenvalue weighted by molar-refractivity contribution is 5.81. The van der Waals surface area contributed by atoms with Crippen molar-refractivity contribution in [3.05, 3.63) is 30.5 Å². The van der Waals surface area contributed by atoms with Crippen LogP contribution in [0.3, 0.4) is 0 Å². The Bertz CT molecular complexity index is 557. The van der Waals surface area contributed by atoms with Gasteiger partial charge in [0.05, 0.1) is 5.52 Å². The zero-order valence-electron chi connectivity index (χ0n) is 9.47. The molecule has 4 heteroatoms. The number of rotatable bonds is 1. The standard InChI is InChI=1S/C13H13N3O/c17-11-5-7-16(8-6-11)13-14-9-10-3-1-2-4-12(10)15-13/h1-4,9H,5-8H2. The Hall–Kier alpha value is -1.97. The third-order valence-corrected chi connectivity index (χ3v) is 3.08. The van der Waals surface area contributed by atoms with Crippen molar-refractivity contribution in [2.45, 2.75) is 12.8 Å². The van der Waals surface area contributed by atoms with Gasteiger partial charge in [0, 0.05) is 37.5 Å². The van der Waals surface area contributed by atoms with Gasteiger partial charge in [-0.25, -0.2) is 9.97 Å². The van der Waals surface area contributed by atoms with Gasteiger partial charge in [0.15, 0.2) is 0 Å². The Morgan fingerprint density at radius 2 is 1.88 bits per heavy atom. The van der Waals surface area contributed by atoms with Crippen molar-refractivity contribution in [3.63, 3.8) is 0 Å². The number of fused-ring (bicyclic) bond motifs is 1. The van der Waals surface area contributed by atoms with Crippen LogP contribution in [0.5, 0.6) is 0 Å². The second-order valence-electron chi connectivity index (χ2n) is 4.25. The maximum absolute atomic E-state index is 11.2. The van der Waals surface area contributed by atoms with Crippen LogP contribution >= 0.6 is 0 Å². The number of benzene rings is 1. The predicted molar refractivity (Wildman–Crippen MR) is 66.0 cm³/mol. The number of nitrogens with zero attached hydrogens (tertiary/aromatic N) is 3. The third kappa shape index (κ3) is 1.98. The Balaban J connectivity index is 1.92. The summed E-state index contributed by atoms with van der Waals surface area (Å²) < 4.78 is 0. The summed E-state index contributed by atoms with van der Waals surface area (Å²) >= 11 is 0. The summed E-state index contributed by atoms with van der Waals surface area (Å²) in [5.74, 6) is 1.07. The molecular formula is C13H13N3O. The fraction of sp³-hybridized carbons (Fsp3) is 0.308. The van der Waals surface area contributed by atoms with Crippen LogP contribution in [0, 0.1) is 0 Å². The van der Waals surface area contributed by atoms with Gasteiger partial charge in [0.1, 0.15) is 5.78 Å². The van der Waals surface area contributed by atoms with Gasteiger partial charge in [-0.15, -0.1) is 0 Å². The first-order chi connectivity index (χ1) is 8.33. The van der Waals surface area contributed by atoms with Crippen molar-refractivity contribution >= 4 is 22.6 Å². The number of hydrogen-bond acceptors (Lipinski definition) is 4. The second-order valence-corrected chi connectivity index (χ2v) is 4.25. The van der Waals surface area contributed by atoms with Crippen molar-refractivity contribution in [1.29, 1.82) is 0 Å². The molecule has 0 unspecified atom stereocenters. The van der Waals surface area contributed by atoms with Crippen LogP contribution in [0.4, 0.5) is 5.95 Å². The van der Waals surface area contributed by atoms with Crippen molar-refractivity contribution in [2.24, 2.45) is 0 Å². The minimum Gasteiger partial charge on any atom is -0.340 e. The number of carbonyl (C=O) groups is 1. The van der Waals surface area contributed by atoms with Crippen LogP contribution in [-0.4, -0.2) is 28.8 Å². The topological polar surface area (TPSA) is 46.1 Å². The number of carbonyl (C=O) groups excluding carboxylic acids is 1. The molecule has 0 saturated carbocycles. The molecule has 1 aliphatic heterocycles. The molecule has 0 radical (unpaired) electrons. The van der Waals surface area contributed by atoms with E-state index in [-0.39, 0.29) is 0 Å². The molecule has 1 aliphatic rings. The Morgan fingerprint density at radius 3 is 2.71 bits per heavy atom. The average Bonchev–Trinajstić information content (AvgIpc) is 2.39. The lowest BCUT2D eigenvalue weighted by Gasteiger charge is -2.25. The van der Waals surface area contributed by atoms with Crippen LogP contribution in [0.15, 0.2) is 30.5 Å². The Morgan fingerprint density at radius 1 is 1.12 bits per heavy atom. The fourth-order valence-electron chi connectivity index (χ4n) is 2.07. The van der Waals surface area contributed by atoms with E-state index in [0.29, 0.717) is 18.6 Å². The van der Waals surface area contributed by atoms with E-state index in [2.05, 4.69) is 14.9 Å². The zero-order valence-corrected chi connectivity index (χ0v) is 9.47. The molecular weight excluding hydrogens is 214 g/mol. The molecule has 3 rings (SSSR count). The van der Waals surface area contributed by atoms with E-state index in [4.69, 9.17) is 0 Å². The van der Waals surface area contributed by atoms with Crippen molar-refractivity contribution in [3.8, 4) is 0 Å². The maximum atomic E-state index is 11.2. The van der Waals surface area contributed by atoms with Crippen LogP contribution in [0.1, 0.15) is 12.8 Å². The van der Waals surface area contributed by atoms with Crippen LogP contribution in [0.25, 0.3) is 10.9 Å². The highest BCUT2D eigenvalue weighted by Crippen LogP contribution is 2.17. The number of aromatic nitrogens is 2. The molecule has 86 valence electrons. The summed E-state index contributed by atoms with van der Waals surface area (Å²) in [4.78, 5) is 22.1. The van der Waals surface area contributed by atoms with Gasteiger partial charge in [0.2, 0.25) is 5.95 Å². The first-order valence-electron chi connectivity index (χ1n) is 5.81. The highest BCUT2D eigenvalue weighted by Gasteiger charge is 2.18. The van der Waals surface area contributed by atoms with Gasteiger partial charge in [0.25, 0.3) is 0 Å². The lowest BCUT2D eigenvalue weighted by Crippen LogP contribution is -2.34. The quantitative estimate of drug-likeness (QED) is 0.745. The number of piperidine rings is 1. The second kappa shape index (κ2) is 4.13. The molecule has 0 bridgehead atoms. The van der Waals surface area contributed by atoms with Crippen LogP contribution < -0.4 is 4.90 Å². The summed E-state index contributed by atoms with van der Waals surface area (Å²) in [6.07, 6.45) is 3.06. The molecule has 1 aromatic carbocycles. The normalized spacial score (nSPS) is 16.5. The Kier molecular flexibility index (Phi) is 2.48. The molecule has 0 aliphatic carbocycles. The van der Waals surface area contributed by atoms with Gasteiger partial charge < -0.3 is 4.90 Å². The molecule has 1 fully saturated rings. The number of Topliss-reactive ketones (excluding diaryl/α,β-unsaturated/α-hetero) is 1. The minimum atomic E-state index is 0.335. The SMILES string of the molecule is O=C1CCN(c2ncc3ccccc3n2)CC1. The van der Waals surface area contributed by atoms with Gasteiger partial charge >= 0.3 is 0 Å². The molecule has 1 saturated heterocycles. The van der Waals surface area contributed by atoms with E-state index in [9.17, 15) is 4.79 Å². The molecule has 17 heavy (non-hydrogen) atoms.